The van der Waals surface area contributed by atoms with Crippen LogP contribution in [0, 0.1) is 0 Å². The maximum absolute atomic E-state index is 5.99. The standard InChI is InChI=1S/C11H13N3O2/c12-8-4-1-3-7(8)10-13-11(16-14-10)9-5-2-6-15-9/h2,5-8H,1,3-4,12H2/t7-,8+/m0/s1. The van der Waals surface area contributed by atoms with Crippen molar-refractivity contribution < 1.29 is 8.94 Å². The van der Waals surface area contributed by atoms with Gasteiger partial charge >= 0.3 is 0 Å². The highest BCUT2D eigenvalue weighted by molar-refractivity contribution is 5.43. The SMILES string of the molecule is N[C@@H]1CCC[C@@H]1c1noc(-c2ccco2)n1. The van der Waals surface area contributed by atoms with E-state index < -0.39 is 0 Å². The van der Waals surface area contributed by atoms with Crippen molar-refractivity contribution in [3.8, 4) is 11.7 Å². The van der Waals surface area contributed by atoms with Crippen molar-refractivity contribution in [1.29, 1.82) is 0 Å². The zero-order valence-corrected chi connectivity index (χ0v) is 8.80. The molecule has 0 aliphatic heterocycles. The van der Waals surface area contributed by atoms with Crippen LogP contribution < -0.4 is 5.73 Å². The molecule has 2 aromatic heterocycles. The van der Waals surface area contributed by atoms with Crippen molar-refractivity contribution in [1.82, 2.24) is 10.1 Å². The van der Waals surface area contributed by atoms with Crippen molar-refractivity contribution >= 4 is 0 Å². The third-order valence-electron chi connectivity index (χ3n) is 3.07. The molecule has 1 aliphatic rings. The third-order valence-corrected chi connectivity index (χ3v) is 3.07. The Morgan fingerprint density at radius 1 is 1.38 bits per heavy atom. The smallest absolute Gasteiger partial charge is 0.293 e. The Hall–Kier alpha value is -1.62. The maximum Gasteiger partial charge on any atom is 0.293 e. The maximum atomic E-state index is 5.99. The predicted molar refractivity (Wildman–Crippen MR) is 56.6 cm³/mol. The van der Waals surface area contributed by atoms with Crippen molar-refractivity contribution in [3.05, 3.63) is 24.2 Å². The summed E-state index contributed by atoms with van der Waals surface area (Å²) in [4.78, 5) is 4.33. The Kier molecular flexibility index (Phi) is 2.25. The molecule has 2 heterocycles. The average molecular weight is 219 g/mol. The molecular weight excluding hydrogens is 206 g/mol. The van der Waals surface area contributed by atoms with E-state index in [1.807, 2.05) is 0 Å². The Balaban J connectivity index is 1.88. The van der Waals surface area contributed by atoms with Gasteiger partial charge in [-0.2, -0.15) is 4.98 Å². The summed E-state index contributed by atoms with van der Waals surface area (Å²) in [5, 5.41) is 3.98. The number of furan rings is 1. The lowest BCUT2D eigenvalue weighted by Crippen LogP contribution is -2.23. The van der Waals surface area contributed by atoms with Gasteiger partial charge in [-0.1, -0.05) is 11.6 Å². The predicted octanol–water partition coefficient (Wildman–Crippen LogP) is 1.92. The van der Waals surface area contributed by atoms with Gasteiger partial charge in [-0.05, 0) is 25.0 Å². The second-order valence-electron chi connectivity index (χ2n) is 4.14. The highest BCUT2D eigenvalue weighted by atomic mass is 16.5. The monoisotopic (exact) mass is 219 g/mol. The summed E-state index contributed by atoms with van der Waals surface area (Å²) in [7, 11) is 0. The molecule has 1 fully saturated rings. The first-order chi connectivity index (χ1) is 7.84. The van der Waals surface area contributed by atoms with Crippen molar-refractivity contribution in [3.63, 3.8) is 0 Å². The fourth-order valence-corrected chi connectivity index (χ4v) is 2.20. The van der Waals surface area contributed by atoms with Crippen molar-refractivity contribution in [2.24, 2.45) is 5.73 Å². The Labute approximate surface area is 92.6 Å². The van der Waals surface area contributed by atoms with E-state index in [1.54, 1.807) is 18.4 Å². The Bertz CT molecular complexity index is 463. The van der Waals surface area contributed by atoms with E-state index >= 15 is 0 Å². The molecule has 0 saturated heterocycles. The van der Waals surface area contributed by atoms with E-state index in [9.17, 15) is 0 Å². The molecule has 5 nitrogen and oxygen atoms in total. The first kappa shape index (κ1) is 9.59. The van der Waals surface area contributed by atoms with E-state index in [-0.39, 0.29) is 12.0 Å². The van der Waals surface area contributed by atoms with Gasteiger partial charge in [-0.3, -0.25) is 0 Å². The first-order valence-electron chi connectivity index (χ1n) is 5.47. The van der Waals surface area contributed by atoms with Crippen molar-refractivity contribution in [2.75, 3.05) is 0 Å². The van der Waals surface area contributed by atoms with Gasteiger partial charge in [0.25, 0.3) is 5.89 Å². The fourth-order valence-electron chi connectivity index (χ4n) is 2.20. The van der Waals surface area contributed by atoms with E-state index in [0.29, 0.717) is 17.5 Å². The van der Waals surface area contributed by atoms with E-state index in [1.165, 1.54) is 0 Å². The molecule has 1 saturated carbocycles. The molecule has 2 N–H and O–H groups in total. The molecule has 0 amide bonds. The molecular formula is C11H13N3O2. The van der Waals surface area contributed by atoms with Crippen molar-refractivity contribution in [2.45, 2.75) is 31.2 Å². The molecule has 5 heteroatoms. The molecule has 0 aromatic carbocycles. The molecule has 16 heavy (non-hydrogen) atoms. The fraction of sp³-hybridized carbons (Fsp3) is 0.455. The number of hydrogen-bond donors (Lipinski definition) is 1. The topological polar surface area (TPSA) is 78.1 Å². The second-order valence-corrected chi connectivity index (χ2v) is 4.14. The van der Waals surface area contributed by atoms with Gasteiger partial charge in [0.2, 0.25) is 0 Å². The van der Waals surface area contributed by atoms with Crippen LogP contribution >= 0.6 is 0 Å². The summed E-state index contributed by atoms with van der Waals surface area (Å²) < 4.78 is 10.4. The highest BCUT2D eigenvalue weighted by Crippen LogP contribution is 2.32. The first-order valence-corrected chi connectivity index (χ1v) is 5.47. The second kappa shape index (κ2) is 3.75. The van der Waals surface area contributed by atoms with Gasteiger partial charge in [0.15, 0.2) is 11.6 Å². The average Bonchev–Trinajstić information content (AvgIpc) is 2.96. The van der Waals surface area contributed by atoms with Crippen LogP contribution in [0.25, 0.3) is 11.7 Å². The van der Waals surface area contributed by atoms with E-state index in [2.05, 4.69) is 10.1 Å². The van der Waals surface area contributed by atoms with Gasteiger partial charge < -0.3 is 14.7 Å². The Morgan fingerprint density at radius 3 is 3.00 bits per heavy atom. The van der Waals surface area contributed by atoms with Crippen LogP contribution in [0.5, 0.6) is 0 Å². The molecule has 1 aliphatic carbocycles. The molecule has 0 bridgehead atoms. The van der Waals surface area contributed by atoms with Crippen LogP contribution in [0.3, 0.4) is 0 Å². The third kappa shape index (κ3) is 1.53. The van der Waals surface area contributed by atoms with Crippen LogP contribution in [-0.2, 0) is 0 Å². The van der Waals surface area contributed by atoms with Crippen LogP contribution in [0.4, 0.5) is 0 Å². The van der Waals surface area contributed by atoms with Crippen LogP contribution in [0.15, 0.2) is 27.3 Å². The van der Waals surface area contributed by atoms with E-state index in [0.717, 1.165) is 19.3 Å². The summed E-state index contributed by atoms with van der Waals surface area (Å²) in [6.45, 7) is 0. The zero-order valence-electron chi connectivity index (χ0n) is 8.80. The van der Waals surface area contributed by atoms with Crippen LogP contribution in [0.2, 0.25) is 0 Å². The number of nitrogens with zero attached hydrogens (tertiary/aromatic N) is 2. The zero-order chi connectivity index (χ0) is 11.0. The minimum atomic E-state index is 0.155. The van der Waals surface area contributed by atoms with Gasteiger partial charge in [-0.25, -0.2) is 0 Å². The minimum Gasteiger partial charge on any atom is -0.459 e. The lowest BCUT2D eigenvalue weighted by Gasteiger charge is -2.09. The van der Waals surface area contributed by atoms with Gasteiger partial charge in [-0.15, -0.1) is 0 Å². The number of aromatic nitrogens is 2. The summed E-state index contributed by atoms with van der Waals surface area (Å²) in [5.41, 5.74) is 5.99. The minimum absolute atomic E-state index is 0.155. The number of nitrogens with two attached hydrogens (primary N) is 1. The van der Waals surface area contributed by atoms with Gasteiger partial charge in [0, 0.05) is 12.0 Å². The summed E-state index contributed by atoms with van der Waals surface area (Å²) in [6, 6.07) is 3.74. The number of rotatable bonds is 2. The van der Waals surface area contributed by atoms with Gasteiger partial charge in [0.1, 0.15) is 0 Å². The molecule has 0 unspecified atom stereocenters. The van der Waals surface area contributed by atoms with Gasteiger partial charge in [0.05, 0.1) is 6.26 Å². The molecule has 0 spiro atoms. The normalized spacial score (nSPS) is 25.1. The Morgan fingerprint density at radius 2 is 2.31 bits per heavy atom. The number of hydrogen-bond acceptors (Lipinski definition) is 5. The molecule has 2 aromatic rings. The summed E-state index contributed by atoms with van der Waals surface area (Å²) in [6.07, 6.45) is 4.80. The lowest BCUT2D eigenvalue weighted by molar-refractivity contribution is 0.401. The quantitative estimate of drug-likeness (QED) is 0.834. The molecule has 3 rings (SSSR count). The highest BCUT2D eigenvalue weighted by Gasteiger charge is 2.29. The van der Waals surface area contributed by atoms with E-state index in [4.69, 9.17) is 14.7 Å². The molecule has 0 radical (unpaired) electrons. The summed E-state index contributed by atoms with van der Waals surface area (Å²) >= 11 is 0. The van der Waals surface area contributed by atoms with Crippen LogP contribution in [0.1, 0.15) is 31.0 Å². The lowest BCUT2D eigenvalue weighted by atomic mass is 10.0. The van der Waals surface area contributed by atoms with Crippen LogP contribution in [-0.4, -0.2) is 16.2 Å². The molecule has 84 valence electrons. The summed E-state index contributed by atoms with van der Waals surface area (Å²) in [5.74, 6) is 1.97. The largest absolute Gasteiger partial charge is 0.459 e. The molecule has 2 atom stereocenters.